The van der Waals surface area contributed by atoms with Crippen LogP contribution in [0.3, 0.4) is 0 Å². The number of Topliss-reactive ketones (excluding diaryl/α,β-unsaturated/α-hetero) is 1. The second-order valence-electron chi connectivity index (χ2n) is 8.67. The van der Waals surface area contributed by atoms with Crippen molar-refractivity contribution in [2.45, 2.75) is 76.4 Å². The van der Waals surface area contributed by atoms with E-state index in [4.69, 9.17) is 0 Å². The molecule has 2 aliphatic carbocycles. The van der Waals surface area contributed by atoms with E-state index >= 15 is 0 Å². The number of nitrogens with one attached hydrogen (secondary N) is 1. The molecular weight excluding hydrogens is 374 g/mol. The van der Waals surface area contributed by atoms with Crippen molar-refractivity contribution in [1.82, 2.24) is 5.32 Å². The largest absolute Gasteiger partial charge is 0.392 e. The molecule has 0 heterocycles. The maximum Gasteiger partial charge on any atom is 0.220 e. The summed E-state index contributed by atoms with van der Waals surface area (Å²) in [6, 6.07) is 10.9. The van der Waals surface area contributed by atoms with Crippen LogP contribution in [0, 0.1) is 11.8 Å². The SMILES string of the molecule is O=C(CCC/C=C\C[C@H]1C(=O)C[C@@H](O)[C@@H]1/C=C/CCCc1ccccc1)NC1CC1. The summed E-state index contributed by atoms with van der Waals surface area (Å²) in [5, 5.41) is 13.3. The molecule has 162 valence electrons. The molecule has 0 unspecified atom stereocenters. The lowest BCUT2D eigenvalue weighted by molar-refractivity contribution is -0.122. The monoisotopic (exact) mass is 409 g/mol. The van der Waals surface area contributed by atoms with Crippen LogP contribution in [0.2, 0.25) is 0 Å². The molecule has 1 amide bonds. The zero-order valence-electron chi connectivity index (χ0n) is 17.8. The Balaban J connectivity index is 1.35. The number of unbranched alkanes of at least 4 members (excludes halogenated alkanes) is 2. The molecule has 3 rings (SSSR count). The Morgan fingerprint density at radius 1 is 1.07 bits per heavy atom. The quantitative estimate of drug-likeness (QED) is 0.394. The highest BCUT2D eigenvalue weighted by atomic mass is 16.3. The Morgan fingerprint density at radius 2 is 1.83 bits per heavy atom. The number of amides is 1. The zero-order chi connectivity index (χ0) is 21.2. The van der Waals surface area contributed by atoms with Crippen LogP contribution in [0.25, 0.3) is 0 Å². The average molecular weight is 410 g/mol. The summed E-state index contributed by atoms with van der Waals surface area (Å²) in [4.78, 5) is 24.0. The molecule has 2 N–H and O–H groups in total. The third-order valence-corrected chi connectivity index (χ3v) is 6.04. The molecule has 0 aliphatic heterocycles. The minimum absolute atomic E-state index is 0.0804. The number of hydrogen-bond acceptors (Lipinski definition) is 3. The molecule has 0 radical (unpaired) electrons. The first kappa shape index (κ1) is 22.5. The first-order valence-electron chi connectivity index (χ1n) is 11.5. The van der Waals surface area contributed by atoms with Gasteiger partial charge in [-0.05, 0) is 56.9 Å². The third kappa shape index (κ3) is 7.56. The molecule has 2 fully saturated rings. The number of aliphatic hydroxyl groups is 1. The van der Waals surface area contributed by atoms with Crippen molar-refractivity contribution in [3.8, 4) is 0 Å². The van der Waals surface area contributed by atoms with Gasteiger partial charge in [0.1, 0.15) is 5.78 Å². The molecule has 0 saturated heterocycles. The summed E-state index contributed by atoms with van der Waals surface area (Å²) in [6.45, 7) is 0. The molecule has 0 spiro atoms. The van der Waals surface area contributed by atoms with Gasteiger partial charge >= 0.3 is 0 Å². The van der Waals surface area contributed by atoms with Crippen LogP contribution >= 0.6 is 0 Å². The highest BCUT2D eigenvalue weighted by molar-refractivity contribution is 5.84. The minimum atomic E-state index is -0.563. The fourth-order valence-corrected chi connectivity index (χ4v) is 4.12. The Hall–Kier alpha value is -2.20. The molecule has 30 heavy (non-hydrogen) atoms. The number of benzene rings is 1. The van der Waals surface area contributed by atoms with Gasteiger partial charge in [0, 0.05) is 30.7 Å². The maximum atomic E-state index is 12.3. The first-order chi connectivity index (χ1) is 14.6. The topological polar surface area (TPSA) is 66.4 Å². The van der Waals surface area contributed by atoms with E-state index in [0.29, 0.717) is 18.9 Å². The maximum absolute atomic E-state index is 12.3. The predicted octanol–water partition coefficient (Wildman–Crippen LogP) is 4.53. The highest BCUT2D eigenvalue weighted by Gasteiger charge is 2.38. The van der Waals surface area contributed by atoms with Crippen molar-refractivity contribution in [2.24, 2.45) is 11.8 Å². The second-order valence-corrected chi connectivity index (χ2v) is 8.67. The fraction of sp³-hybridized carbons (Fsp3) is 0.538. The van der Waals surface area contributed by atoms with Gasteiger partial charge in [0.25, 0.3) is 0 Å². The molecule has 4 heteroatoms. The van der Waals surface area contributed by atoms with E-state index in [0.717, 1.165) is 44.9 Å². The summed E-state index contributed by atoms with van der Waals surface area (Å²) >= 11 is 0. The number of aliphatic hydroxyl groups excluding tert-OH is 1. The molecule has 1 aromatic carbocycles. The van der Waals surface area contributed by atoms with Crippen LogP contribution in [-0.2, 0) is 16.0 Å². The predicted molar refractivity (Wildman–Crippen MR) is 120 cm³/mol. The second kappa shape index (κ2) is 11.8. The van der Waals surface area contributed by atoms with E-state index in [1.807, 2.05) is 6.07 Å². The average Bonchev–Trinajstić information content (AvgIpc) is 3.50. The minimum Gasteiger partial charge on any atom is -0.392 e. The Kier molecular flexibility index (Phi) is 8.88. The van der Waals surface area contributed by atoms with Crippen molar-refractivity contribution in [3.05, 3.63) is 60.2 Å². The number of carbonyl (C=O) groups excluding carboxylic acids is 2. The lowest BCUT2D eigenvalue weighted by atomic mass is 9.90. The van der Waals surface area contributed by atoms with Crippen molar-refractivity contribution < 1.29 is 14.7 Å². The molecule has 4 nitrogen and oxygen atoms in total. The summed E-state index contributed by atoms with van der Waals surface area (Å²) in [5.74, 6) is 0.107. The molecule has 0 bridgehead atoms. The van der Waals surface area contributed by atoms with E-state index in [9.17, 15) is 14.7 Å². The van der Waals surface area contributed by atoms with Crippen LogP contribution < -0.4 is 5.32 Å². The normalized spacial score (nSPS) is 24.2. The molecule has 0 aromatic heterocycles. The molecule has 1 aromatic rings. The fourth-order valence-electron chi connectivity index (χ4n) is 4.12. The summed E-state index contributed by atoms with van der Waals surface area (Å²) in [7, 11) is 0. The smallest absolute Gasteiger partial charge is 0.220 e. The number of aryl methyl sites for hydroxylation is 1. The Bertz CT molecular complexity index is 736. The Morgan fingerprint density at radius 3 is 2.60 bits per heavy atom. The summed E-state index contributed by atoms with van der Waals surface area (Å²) in [5.41, 5.74) is 1.34. The Labute approximate surface area is 180 Å². The van der Waals surface area contributed by atoms with Crippen LogP contribution in [0.1, 0.15) is 63.4 Å². The highest BCUT2D eigenvalue weighted by Crippen LogP contribution is 2.33. The van der Waals surface area contributed by atoms with Gasteiger partial charge in [0.05, 0.1) is 6.10 Å². The third-order valence-electron chi connectivity index (χ3n) is 6.04. The van der Waals surface area contributed by atoms with Crippen LogP contribution in [0.15, 0.2) is 54.6 Å². The van der Waals surface area contributed by atoms with E-state index in [1.54, 1.807) is 0 Å². The first-order valence-corrected chi connectivity index (χ1v) is 11.5. The van der Waals surface area contributed by atoms with Crippen molar-refractivity contribution in [3.63, 3.8) is 0 Å². The van der Waals surface area contributed by atoms with E-state index in [-0.39, 0.29) is 29.9 Å². The molecular formula is C26H35NO3. The summed E-state index contributed by atoms with van der Waals surface area (Å²) < 4.78 is 0. The van der Waals surface area contributed by atoms with Crippen molar-refractivity contribution in [1.29, 1.82) is 0 Å². The van der Waals surface area contributed by atoms with Gasteiger partial charge in [0.2, 0.25) is 5.91 Å². The number of carbonyl (C=O) groups is 2. The molecule has 3 atom stereocenters. The molecule has 2 saturated carbocycles. The van der Waals surface area contributed by atoms with Gasteiger partial charge in [0.15, 0.2) is 0 Å². The van der Waals surface area contributed by atoms with Crippen LogP contribution in [0.4, 0.5) is 0 Å². The lowest BCUT2D eigenvalue weighted by Crippen LogP contribution is -2.24. The zero-order valence-corrected chi connectivity index (χ0v) is 17.8. The number of allylic oxidation sites excluding steroid dienone is 3. The number of ketones is 1. The van der Waals surface area contributed by atoms with Crippen LogP contribution in [0.5, 0.6) is 0 Å². The standard InChI is InChI=1S/C26H35NO3/c28-24-19-25(29)23(15-9-4-7-13-20-11-5-3-6-12-20)22(24)14-8-1-2-10-16-26(30)27-21-17-18-21/h1,3,5-6,8-9,11-12,15,21-23,25,29H,2,4,7,10,13-14,16-19H2,(H,27,30)/b8-1-,15-9+/t22-,23-,25-/m1/s1. The number of rotatable bonds is 12. The summed E-state index contributed by atoms with van der Waals surface area (Å²) in [6.07, 6.45) is 16.2. The van der Waals surface area contributed by atoms with E-state index < -0.39 is 6.10 Å². The van der Waals surface area contributed by atoms with Gasteiger partial charge in [-0.2, -0.15) is 0 Å². The van der Waals surface area contributed by atoms with Crippen molar-refractivity contribution >= 4 is 11.7 Å². The van der Waals surface area contributed by atoms with Gasteiger partial charge in [-0.1, -0.05) is 54.6 Å². The number of hydrogen-bond donors (Lipinski definition) is 2. The van der Waals surface area contributed by atoms with Crippen LogP contribution in [-0.4, -0.2) is 28.9 Å². The van der Waals surface area contributed by atoms with E-state index in [2.05, 4.69) is 53.9 Å². The van der Waals surface area contributed by atoms with Gasteiger partial charge in [-0.15, -0.1) is 0 Å². The van der Waals surface area contributed by atoms with Gasteiger partial charge in [-0.3, -0.25) is 9.59 Å². The van der Waals surface area contributed by atoms with Gasteiger partial charge in [-0.25, -0.2) is 0 Å². The van der Waals surface area contributed by atoms with Gasteiger partial charge < -0.3 is 10.4 Å². The molecule has 2 aliphatic rings. The van der Waals surface area contributed by atoms with E-state index in [1.165, 1.54) is 5.56 Å². The lowest BCUT2D eigenvalue weighted by Gasteiger charge is -2.15. The van der Waals surface area contributed by atoms with Crippen molar-refractivity contribution in [2.75, 3.05) is 0 Å².